The van der Waals surface area contributed by atoms with Gasteiger partial charge in [-0.2, -0.15) is 4.98 Å². The molecule has 0 atom stereocenters. The molecule has 0 bridgehead atoms. The topological polar surface area (TPSA) is 125 Å². The number of benzene rings is 2. The van der Waals surface area contributed by atoms with Gasteiger partial charge in [-0.05, 0) is 30.3 Å². The molecule has 0 radical (unpaired) electrons. The number of imidazole rings is 1. The van der Waals surface area contributed by atoms with E-state index < -0.39 is 0 Å². The Morgan fingerprint density at radius 1 is 1.14 bits per heavy atom. The van der Waals surface area contributed by atoms with Crippen molar-refractivity contribution < 1.29 is 19.1 Å². The third kappa shape index (κ3) is 3.95. The van der Waals surface area contributed by atoms with E-state index >= 15 is 0 Å². The van der Waals surface area contributed by atoms with E-state index in [9.17, 15) is 4.79 Å². The summed E-state index contributed by atoms with van der Waals surface area (Å²) >= 11 is 0. The van der Waals surface area contributed by atoms with E-state index in [1.165, 1.54) is 0 Å². The zero-order valence-electron chi connectivity index (χ0n) is 14.9. The average Bonchev–Trinajstić information content (AvgIpc) is 3.29. The average molecular weight is 381 g/mol. The predicted molar refractivity (Wildman–Crippen MR) is 104 cm³/mol. The number of hydrogen-bond acceptors (Lipinski definition) is 7. The molecule has 1 amide bonds. The Labute approximate surface area is 159 Å². The number of aromatic nitrogens is 3. The van der Waals surface area contributed by atoms with Crippen molar-refractivity contribution in [2.24, 2.45) is 0 Å². The number of H-pyrrole nitrogens is 1. The highest BCUT2D eigenvalue weighted by Gasteiger charge is 2.12. The zero-order valence-corrected chi connectivity index (χ0v) is 14.9. The van der Waals surface area contributed by atoms with Crippen LogP contribution in [0.1, 0.15) is 10.4 Å². The fraction of sp³-hybridized carbons (Fsp3) is 0.211. The number of anilines is 2. The molecule has 0 fully saturated rings. The highest BCUT2D eigenvalue weighted by atomic mass is 16.5. The van der Waals surface area contributed by atoms with Gasteiger partial charge in [-0.25, -0.2) is 4.98 Å². The van der Waals surface area contributed by atoms with Crippen molar-refractivity contribution in [3.8, 4) is 0 Å². The number of amides is 1. The van der Waals surface area contributed by atoms with Gasteiger partial charge in [0.2, 0.25) is 5.95 Å². The lowest BCUT2D eigenvalue weighted by molar-refractivity contribution is 0.0838. The molecule has 4 N–H and O–H groups in total. The number of fused-ring (bicyclic) bond motifs is 2. The van der Waals surface area contributed by atoms with Crippen LogP contribution in [0.5, 0.6) is 0 Å². The minimum absolute atomic E-state index is 0.0405. The van der Waals surface area contributed by atoms with Crippen LogP contribution in [-0.2, 0) is 4.74 Å². The lowest BCUT2D eigenvalue weighted by Crippen LogP contribution is -2.27. The summed E-state index contributed by atoms with van der Waals surface area (Å²) in [5.74, 6) is 0.290. The van der Waals surface area contributed by atoms with Crippen LogP contribution < -0.4 is 10.6 Å². The predicted octanol–water partition coefficient (Wildman–Crippen LogP) is 2.19. The summed E-state index contributed by atoms with van der Waals surface area (Å²) in [6, 6.07) is 13.0. The van der Waals surface area contributed by atoms with Gasteiger partial charge in [-0.15, -0.1) is 0 Å². The number of aromatic amines is 1. The van der Waals surface area contributed by atoms with Gasteiger partial charge in [0.1, 0.15) is 5.52 Å². The molecule has 9 heteroatoms. The molecule has 0 aliphatic rings. The van der Waals surface area contributed by atoms with Crippen molar-refractivity contribution in [2.45, 2.75) is 0 Å². The Kier molecular flexibility index (Phi) is 5.18. The van der Waals surface area contributed by atoms with E-state index in [4.69, 9.17) is 14.3 Å². The summed E-state index contributed by atoms with van der Waals surface area (Å²) in [5.41, 5.74) is 3.33. The molecule has 2 aromatic heterocycles. The second kappa shape index (κ2) is 8.07. The van der Waals surface area contributed by atoms with E-state index in [1.807, 2.05) is 24.3 Å². The van der Waals surface area contributed by atoms with E-state index in [1.54, 1.807) is 18.2 Å². The summed E-state index contributed by atoms with van der Waals surface area (Å²) in [4.78, 5) is 24.1. The van der Waals surface area contributed by atoms with Gasteiger partial charge in [0.15, 0.2) is 5.58 Å². The molecule has 2 heterocycles. The van der Waals surface area contributed by atoms with Crippen molar-refractivity contribution in [3.05, 3.63) is 48.0 Å². The van der Waals surface area contributed by atoms with Crippen LogP contribution in [-0.4, -0.2) is 52.3 Å². The SMILES string of the molecule is O=C(NCCOCCO)c1ccc2oc(Nc3nc4ccccc4[nH]3)nc2c1. The second-order valence-electron chi connectivity index (χ2n) is 6.02. The maximum atomic E-state index is 12.2. The lowest BCUT2D eigenvalue weighted by Gasteiger charge is -2.05. The molecular formula is C19H19N5O4. The number of hydrogen-bond donors (Lipinski definition) is 4. The molecule has 4 aromatic rings. The Bertz CT molecular complexity index is 1070. The molecule has 28 heavy (non-hydrogen) atoms. The molecule has 9 nitrogen and oxygen atoms in total. The van der Waals surface area contributed by atoms with Crippen LogP contribution >= 0.6 is 0 Å². The Morgan fingerprint density at radius 3 is 2.89 bits per heavy atom. The minimum Gasteiger partial charge on any atom is -0.423 e. The first kappa shape index (κ1) is 18.0. The van der Waals surface area contributed by atoms with E-state index in [0.717, 1.165) is 11.0 Å². The summed E-state index contributed by atoms with van der Waals surface area (Å²) in [7, 11) is 0. The van der Waals surface area contributed by atoms with Gasteiger partial charge in [0, 0.05) is 12.1 Å². The number of rotatable bonds is 8. The second-order valence-corrected chi connectivity index (χ2v) is 6.02. The first-order chi connectivity index (χ1) is 13.7. The molecule has 0 aliphatic heterocycles. The highest BCUT2D eigenvalue weighted by Crippen LogP contribution is 2.23. The van der Waals surface area contributed by atoms with Gasteiger partial charge < -0.3 is 24.6 Å². The molecule has 0 spiro atoms. The molecule has 0 unspecified atom stereocenters. The molecule has 144 valence electrons. The number of aliphatic hydroxyl groups excluding tert-OH is 1. The lowest BCUT2D eigenvalue weighted by atomic mass is 10.2. The van der Waals surface area contributed by atoms with Crippen molar-refractivity contribution in [3.63, 3.8) is 0 Å². The summed E-state index contributed by atoms with van der Waals surface area (Å²) < 4.78 is 10.8. The number of ether oxygens (including phenoxy) is 1. The fourth-order valence-electron chi connectivity index (χ4n) is 2.74. The van der Waals surface area contributed by atoms with E-state index in [0.29, 0.717) is 35.8 Å². The van der Waals surface area contributed by atoms with E-state index in [-0.39, 0.29) is 25.1 Å². The van der Waals surface area contributed by atoms with Crippen LogP contribution in [0.25, 0.3) is 22.1 Å². The number of nitrogens with zero attached hydrogens (tertiary/aromatic N) is 2. The van der Waals surface area contributed by atoms with E-state index in [2.05, 4.69) is 25.6 Å². The van der Waals surface area contributed by atoms with Crippen LogP contribution in [0.4, 0.5) is 12.0 Å². The van der Waals surface area contributed by atoms with Gasteiger partial charge in [0.25, 0.3) is 5.91 Å². The summed E-state index contributed by atoms with van der Waals surface area (Å²) in [6.45, 7) is 0.904. The summed E-state index contributed by atoms with van der Waals surface area (Å²) in [6.07, 6.45) is 0. The normalized spacial score (nSPS) is 11.2. The van der Waals surface area contributed by atoms with Crippen molar-refractivity contribution in [1.29, 1.82) is 0 Å². The fourth-order valence-corrected chi connectivity index (χ4v) is 2.74. The van der Waals surface area contributed by atoms with Crippen LogP contribution in [0.15, 0.2) is 46.9 Å². The number of oxazole rings is 1. The van der Waals surface area contributed by atoms with Gasteiger partial charge in [0.05, 0.1) is 30.9 Å². The first-order valence-corrected chi connectivity index (χ1v) is 8.82. The van der Waals surface area contributed by atoms with Crippen molar-refractivity contribution in [1.82, 2.24) is 20.3 Å². The summed E-state index contributed by atoms with van der Waals surface area (Å²) in [5, 5.41) is 14.4. The Hall–Kier alpha value is -3.43. The molecule has 0 saturated carbocycles. The third-order valence-corrected chi connectivity index (χ3v) is 4.03. The Morgan fingerprint density at radius 2 is 2.04 bits per heavy atom. The molecule has 0 aliphatic carbocycles. The molecule has 0 saturated heterocycles. The number of carbonyl (C=O) groups is 1. The quantitative estimate of drug-likeness (QED) is 0.345. The van der Waals surface area contributed by atoms with Gasteiger partial charge in [-0.3, -0.25) is 10.1 Å². The zero-order chi connectivity index (χ0) is 19.3. The number of para-hydroxylation sites is 2. The van der Waals surface area contributed by atoms with Crippen molar-refractivity contribution in [2.75, 3.05) is 31.7 Å². The maximum absolute atomic E-state index is 12.2. The van der Waals surface area contributed by atoms with Crippen molar-refractivity contribution >= 4 is 40.0 Å². The molecular weight excluding hydrogens is 362 g/mol. The number of carbonyl (C=O) groups excluding carboxylic acids is 1. The highest BCUT2D eigenvalue weighted by molar-refractivity contribution is 5.97. The van der Waals surface area contributed by atoms with Gasteiger partial charge in [-0.1, -0.05) is 12.1 Å². The smallest absolute Gasteiger partial charge is 0.302 e. The number of nitrogens with one attached hydrogen (secondary N) is 3. The van der Waals surface area contributed by atoms with Crippen LogP contribution in [0, 0.1) is 0 Å². The first-order valence-electron chi connectivity index (χ1n) is 8.82. The monoisotopic (exact) mass is 381 g/mol. The third-order valence-electron chi connectivity index (χ3n) is 4.03. The maximum Gasteiger partial charge on any atom is 0.302 e. The van der Waals surface area contributed by atoms with Crippen LogP contribution in [0.3, 0.4) is 0 Å². The van der Waals surface area contributed by atoms with Crippen LogP contribution in [0.2, 0.25) is 0 Å². The number of aliphatic hydroxyl groups is 1. The molecule has 2 aromatic carbocycles. The van der Waals surface area contributed by atoms with Gasteiger partial charge >= 0.3 is 6.01 Å². The molecule has 4 rings (SSSR count). The Balaban J connectivity index is 1.44. The largest absolute Gasteiger partial charge is 0.423 e. The standard InChI is InChI=1S/C19H19N5O4/c25-8-10-27-9-7-20-17(26)12-5-6-16-15(11-12)23-19(28-16)24-18-21-13-3-1-2-4-14(13)22-18/h1-6,11,25H,7-10H2,(H,20,26)(H2,21,22,23,24). The minimum atomic E-state index is -0.232.